The Kier molecular flexibility index (Phi) is 5.74. The summed E-state index contributed by atoms with van der Waals surface area (Å²) in [5.74, 6) is 1.92. The number of nitrogens with one attached hydrogen (secondary N) is 1. The Morgan fingerprint density at radius 1 is 1.09 bits per heavy atom. The summed E-state index contributed by atoms with van der Waals surface area (Å²) in [6.07, 6.45) is 2.20. The van der Waals surface area contributed by atoms with Gasteiger partial charge in [0.2, 0.25) is 0 Å². The van der Waals surface area contributed by atoms with Gasteiger partial charge in [-0.2, -0.15) is 0 Å². The number of aromatic amines is 1. The number of amides is 1. The fourth-order valence-corrected chi connectivity index (χ4v) is 5.11. The van der Waals surface area contributed by atoms with Gasteiger partial charge in [0.15, 0.2) is 0 Å². The maximum Gasteiger partial charge on any atom is 0.253 e. The van der Waals surface area contributed by atoms with E-state index in [1.807, 2.05) is 42.2 Å². The second-order valence-corrected chi connectivity index (χ2v) is 8.80. The Labute approximate surface area is 189 Å². The summed E-state index contributed by atoms with van der Waals surface area (Å²) in [5.41, 5.74) is 3.74. The second-order valence-electron chi connectivity index (χ2n) is 8.80. The van der Waals surface area contributed by atoms with E-state index in [1.54, 1.807) is 7.11 Å². The van der Waals surface area contributed by atoms with Crippen molar-refractivity contribution in [2.45, 2.75) is 25.8 Å². The highest BCUT2D eigenvalue weighted by Gasteiger charge is 2.31. The number of ether oxygens (including phenoxy) is 1. The first-order chi connectivity index (χ1) is 15.6. The number of piperidine rings is 1. The number of para-hydroxylation sites is 2. The van der Waals surface area contributed by atoms with E-state index in [2.05, 4.69) is 31.9 Å². The first kappa shape index (κ1) is 20.8. The molecule has 7 nitrogen and oxygen atoms in total. The molecule has 168 valence electrons. The number of rotatable bonds is 4. The Hall–Kier alpha value is -3.06. The highest BCUT2D eigenvalue weighted by Crippen LogP contribution is 2.29. The molecule has 1 atom stereocenters. The van der Waals surface area contributed by atoms with Gasteiger partial charge in [-0.25, -0.2) is 4.98 Å². The predicted octanol–water partition coefficient (Wildman–Crippen LogP) is 3.31. The number of aryl methyl sites for hydroxylation is 1. The fourth-order valence-electron chi connectivity index (χ4n) is 5.11. The molecule has 2 aliphatic heterocycles. The van der Waals surface area contributed by atoms with Gasteiger partial charge in [-0.1, -0.05) is 12.1 Å². The van der Waals surface area contributed by atoms with Crippen molar-refractivity contribution in [1.82, 2.24) is 19.8 Å². The zero-order valence-corrected chi connectivity index (χ0v) is 18.9. The molecule has 3 aromatic rings. The maximum absolute atomic E-state index is 13.2. The molecule has 0 radical (unpaired) electrons. The van der Waals surface area contributed by atoms with E-state index in [0.29, 0.717) is 6.04 Å². The smallest absolute Gasteiger partial charge is 0.253 e. The van der Waals surface area contributed by atoms with Gasteiger partial charge in [-0.3, -0.25) is 9.69 Å². The number of methoxy groups -OCH3 is 1. The lowest BCUT2D eigenvalue weighted by molar-refractivity contribution is 0.0563. The molecule has 0 bridgehead atoms. The van der Waals surface area contributed by atoms with E-state index in [-0.39, 0.29) is 5.91 Å². The van der Waals surface area contributed by atoms with Gasteiger partial charge >= 0.3 is 0 Å². The quantitative estimate of drug-likeness (QED) is 0.684. The molecule has 5 rings (SSSR count). The molecule has 0 spiro atoms. The number of carbonyl (C=O) groups is 1. The summed E-state index contributed by atoms with van der Waals surface area (Å²) < 4.78 is 5.55. The standard InChI is InChI=1S/C25H31N5O2/c1-18-26-21-10-9-19(16-22(21)27-18)25(31)30-11-5-6-20(17-30)28-12-14-29(15-13-28)23-7-3-4-8-24(23)32-2/h3-4,7-10,16,20H,5-6,11-15,17H2,1-2H3,(H,26,27)/t20-/m0/s1. The van der Waals surface area contributed by atoms with Crippen molar-refractivity contribution in [3.05, 3.63) is 53.9 Å². The fraction of sp³-hybridized carbons (Fsp3) is 0.440. The zero-order valence-electron chi connectivity index (χ0n) is 18.9. The van der Waals surface area contributed by atoms with Crippen LogP contribution in [0.1, 0.15) is 29.0 Å². The van der Waals surface area contributed by atoms with Gasteiger partial charge in [-0.15, -0.1) is 0 Å². The summed E-state index contributed by atoms with van der Waals surface area (Å²) in [6.45, 7) is 7.52. The number of aromatic nitrogens is 2. The van der Waals surface area contributed by atoms with Crippen LogP contribution in [0.2, 0.25) is 0 Å². The molecule has 0 saturated carbocycles. The Balaban J connectivity index is 1.23. The van der Waals surface area contributed by atoms with Crippen molar-refractivity contribution in [3.63, 3.8) is 0 Å². The lowest BCUT2D eigenvalue weighted by Crippen LogP contribution is -2.55. The highest BCUT2D eigenvalue weighted by atomic mass is 16.5. The van der Waals surface area contributed by atoms with Crippen LogP contribution in [0.3, 0.4) is 0 Å². The van der Waals surface area contributed by atoms with Gasteiger partial charge < -0.3 is 19.5 Å². The summed E-state index contributed by atoms with van der Waals surface area (Å²) in [7, 11) is 1.73. The average Bonchev–Trinajstić information content (AvgIpc) is 3.23. The van der Waals surface area contributed by atoms with Crippen LogP contribution in [0.25, 0.3) is 11.0 Å². The minimum Gasteiger partial charge on any atom is -0.495 e. The third-order valence-corrected chi connectivity index (χ3v) is 6.79. The molecule has 3 heterocycles. The number of hydrogen-bond acceptors (Lipinski definition) is 5. The SMILES string of the molecule is COc1ccccc1N1CCN([C@H]2CCCN(C(=O)c3ccc4nc(C)[nH]c4c3)C2)CC1. The molecule has 2 aromatic carbocycles. The molecule has 1 aromatic heterocycles. The van der Waals surface area contributed by atoms with Crippen LogP contribution in [0, 0.1) is 6.92 Å². The summed E-state index contributed by atoms with van der Waals surface area (Å²) in [5, 5.41) is 0. The van der Waals surface area contributed by atoms with E-state index in [1.165, 1.54) is 5.69 Å². The largest absolute Gasteiger partial charge is 0.495 e. The van der Waals surface area contributed by atoms with Gasteiger partial charge in [0.25, 0.3) is 5.91 Å². The second kappa shape index (κ2) is 8.82. The predicted molar refractivity (Wildman–Crippen MR) is 127 cm³/mol. The van der Waals surface area contributed by atoms with Crippen LogP contribution < -0.4 is 9.64 Å². The molecule has 2 aliphatic rings. The first-order valence-corrected chi connectivity index (χ1v) is 11.5. The minimum absolute atomic E-state index is 0.122. The van der Waals surface area contributed by atoms with Crippen molar-refractivity contribution in [2.24, 2.45) is 0 Å². The number of anilines is 1. The van der Waals surface area contributed by atoms with Gasteiger partial charge in [0, 0.05) is 50.9 Å². The Bertz CT molecular complexity index is 1100. The van der Waals surface area contributed by atoms with Gasteiger partial charge in [0.1, 0.15) is 11.6 Å². The molecule has 2 saturated heterocycles. The topological polar surface area (TPSA) is 64.7 Å². The van der Waals surface area contributed by atoms with Crippen LogP contribution in [0.15, 0.2) is 42.5 Å². The number of H-pyrrole nitrogens is 1. The van der Waals surface area contributed by atoms with Crippen LogP contribution in [0.4, 0.5) is 5.69 Å². The number of fused-ring (bicyclic) bond motifs is 1. The normalized spacial score (nSPS) is 20.0. The van der Waals surface area contributed by atoms with E-state index in [4.69, 9.17) is 4.74 Å². The monoisotopic (exact) mass is 433 g/mol. The first-order valence-electron chi connectivity index (χ1n) is 11.5. The number of benzene rings is 2. The summed E-state index contributed by atoms with van der Waals surface area (Å²) >= 11 is 0. The number of nitrogens with zero attached hydrogens (tertiary/aromatic N) is 4. The molecule has 1 N–H and O–H groups in total. The molecule has 1 amide bonds. The average molecular weight is 434 g/mol. The van der Waals surface area contributed by atoms with E-state index in [9.17, 15) is 4.79 Å². The van der Waals surface area contributed by atoms with Crippen molar-refractivity contribution >= 4 is 22.6 Å². The summed E-state index contributed by atoms with van der Waals surface area (Å²) in [6, 6.07) is 14.4. The van der Waals surface area contributed by atoms with Crippen molar-refractivity contribution in [3.8, 4) is 5.75 Å². The van der Waals surface area contributed by atoms with Gasteiger partial charge in [-0.05, 0) is 50.1 Å². The van der Waals surface area contributed by atoms with Crippen LogP contribution in [-0.4, -0.2) is 78.1 Å². The molecular weight excluding hydrogens is 402 g/mol. The number of imidazole rings is 1. The van der Waals surface area contributed by atoms with Gasteiger partial charge in [0.05, 0.1) is 23.8 Å². The Morgan fingerprint density at radius 2 is 1.91 bits per heavy atom. The van der Waals surface area contributed by atoms with Crippen molar-refractivity contribution < 1.29 is 9.53 Å². The molecule has 0 aliphatic carbocycles. The third kappa shape index (κ3) is 4.05. The van der Waals surface area contributed by atoms with E-state index < -0.39 is 0 Å². The Morgan fingerprint density at radius 3 is 2.72 bits per heavy atom. The van der Waals surface area contributed by atoms with Crippen molar-refractivity contribution in [2.75, 3.05) is 51.3 Å². The molecule has 0 unspecified atom stereocenters. The van der Waals surface area contributed by atoms with E-state index in [0.717, 1.165) is 80.3 Å². The minimum atomic E-state index is 0.122. The van der Waals surface area contributed by atoms with E-state index >= 15 is 0 Å². The number of carbonyl (C=O) groups excluding carboxylic acids is 1. The molecule has 2 fully saturated rings. The molecular formula is C25H31N5O2. The van der Waals surface area contributed by atoms with Crippen LogP contribution >= 0.6 is 0 Å². The third-order valence-electron chi connectivity index (χ3n) is 6.79. The summed E-state index contributed by atoms with van der Waals surface area (Å²) in [4.78, 5) is 27.9. The highest BCUT2D eigenvalue weighted by molar-refractivity contribution is 5.97. The zero-order chi connectivity index (χ0) is 22.1. The number of hydrogen-bond donors (Lipinski definition) is 1. The lowest BCUT2D eigenvalue weighted by atomic mass is 10.0. The maximum atomic E-state index is 13.2. The van der Waals surface area contributed by atoms with Crippen LogP contribution in [-0.2, 0) is 0 Å². The van der Waals surface area contributed by atoms with Crippen LogP contribution in [0.5, 0.6) is 5.75 Å². The van der Waals surface area contributed by atoms with Crippen molar-refractivity contribution in [1.29, 1.82) is 0 Å². The molecule has 7 heteroatoms. The molecule has 32 heavy (non-hydrogen) atoms. The number of piperazine rings is 1. The number of likely N-dealkylation sites (tertiary alicyclic amines) is 1. The lowest BCUT2D eigenvalue weighted by Gasteiger charge is -2.44.